The van der Waals surface area contributed by atoms with Crippen molar-refractivity contribution in [2.45, 2.75) is 12.5 Å². The lowest BCUT2D eigenvalue weighted by molar-refractivity contribution is -0.132. The van der Waals surface area contributed by atoms with Gasteiger partial charge in [0.25, 0.3) is 11.8 Å². The van der Waals surface area contributed by atoms with Crippen LogP contribution in [0.25, 0.3) is 0 Å². The van der Waals surface area contributed by atoms with Gasteiger partial charge in [0, 0.05) is 5.56 Å². The van der Waals surface area contributed by atoms with Gasteiger partial charge in [0.2, 0.25) is 0 Å². The Balaban J connectivity index is 1.51. The number of carbonyl (C=O) groups is 3. The van der Waals surface area contributed by atoms with Crippen molar-refractivity contribution in [3.05, 3.63) is 96.1 Å². The van der Waals surface area contributed by atoms with Crippen LogP contribution in [0.1, 0.15) is 22.8 Å². The molecular formula is C23H19N3O4. The maximum Gasteiger partial charge on any atom is 0.344 e. The standard InChI is InChI=1S/C23H19N3O4/c1-23(17-10-4-2-5-11-17)21(28)26(22(29)24-23)25-20(27)16-9-8-14-19(15-16)30-18-12-6-3-7-13-18/h2-15H,1H3,(H,24,29)(H,25,27)/t23-/m1/s1. The summed E-state index contributed by atoms with van der Waals surface area (Å²) in [6.45, 7) is 1.60. The molecule has 1 atom stereocenters. The summed E-state index contributed by atoms with van der Waals surface area (Å²) < 4.78 is 5.73. The van der Waals surface area contributed by atoms with E-state index in [1.165, 1.54) is 6.07 Å². The van der Waals surface area contributed by atoms with Gasteiger partial charge < -0.3 is 10.1 Å². The second-order valence-corrected chi connectivity index (χ2v) is 6.95. The van der Waals surface area contributed by atoms with E-state index in [2.05, 4.69) is 10.7 Å². The van der Waals surface area contributed by atoms with Gasteiger partial charge in [-0.05, 0) is 42.8 Å². The minimum atomic E-state index is -1.26. The Labute approximate surface area is 173 Å². The molecule has 150 valence electrons. The molecule has 4 rings (SSSR count). The van der Waals surface area contributed by atoms with Crippen molar-refractivity contribution in [2.75, 3.05) is 0 Å². The molecule has 1 aliphatic heterocycles. The molecule has 7 heteroatoms. The van der Waals surface area contributed by atoms with Crippen LogP contribution in [0, 0.1) is 0 Å². The van der Waals surface area contributed by atoms with Crippen LogP contribution in [-0.2, 0) is 10.3 Å². The molecule has 0 aliphatic carbocycles. The van der Waals surface area contributed by atoms with Gasteiger partial charge in [-0.15, -0.1) is 0 Å². The molecule has 1 aliphatic rings. The zero-order valence-corrected chi connectivity index (χ0v) is 16.2. The number of nitrogens with zero attached hydrogens (tertiary/aromatic N) is 1. The Hall–Kier alpha value is -4.13. The van der Waals surface area contributed by atoms with E-state index in [0.29, 0.717) is 22.1 Å². The molecule has 1 heterocycles. The van der Waals surface area contributed by atoms with E-state index >= 15 is 0 Å². The monoisotopic (exact) mass is 401 g/mol. The summed E-state index contributed by atoms with van der Waals surface area (Å²) in [5.41, 5.74) is 2.00. The third-order valence-electron chi connectivity index (χ3n) is 4.83. The molecule has 0 bridgehead atoms. The Morgan fingerprint density at radius 2 is 1.53 bits per heavy atom. The van der Waals surface area contributed by atoms with Crippen LogP contribution in [0.15, 0.2) is 84.9 Å². The average molecular weight is 401 g/mol. The molecule has 2 N–H and O–H groups in total. The maximum atomic E-state index is 12.9. The predicted octanol–water partition coefficient (Wildman–Crippen LogP) is 3.59. The van der Waals surface area contributed by atoms with Crippen molar-refractivity contribution in [3.63, 3.8) is 0 Å². The number of hydrazine groups is 1. The van der Waals surface area contributed by atoms with E-state index in [1.54, 1.807) is 61.5 Å². The summed E-state index contributed by atoms with van der Waals surface area (Å²) in [4.78, 5) is 38.0. The first-order valence-electron chi connectivity index (χ1n) is 9.33. The lowest BCUT2D eigenvalue weighted by Gasteiger charge is -2.22. The Kier molecular flexibility index (Phi) is 4.93. The maximum absolute atomic E-state index is 12.9. The van der Waals surface area contributed by atoms with Crippen molar-refractivity contribution in [3.8, 4) is 11.5 Å². The molecule has 0 spiro atoms. The summed E-state index contributed by atoms with van der Waals surface area (Å²) in [7, 11) is 0. The number of amides is 4. The topological polar surface area (TPSA) is 87.7 Å². The second kappa shape index (κ2) is 7.71. The lowest BCUT2D eigenvalue weighted by Crippen LogP contribution is -2.47. The highest BCUT2D eigenvalue weighted by Crippen LogP contribution is 2.28. The second-order valence-electron chi connectivity index (χ2n) is 6.95. The number of hydrogen-bond acceptors (Lipinski definition) is 4. The van der Waals surface area contributed by atoms with E-state index in [1.807, 2.05) is 24.3 Å². The first-order valence-corrected chi connectivity index (χ1v) is 9.33. The van der Waals surface area contributed by atoms with E-state index in [0.717, 1.165) is 0 Å². The normalized spacial score (nSPS) is 18.1. The summed E-state index contributed by atoms with van der Waals surface area (Å²) in [5.74, 6) is -0.0824. The Morgan fingerprint density at radius 3 is 2.23 bits per heavy atom. The number of benzene rings is 3. The smallest absolute Gasteiger partial charge is 0.344 e. The van der Waals surface area contributed by atoms with Crippen molar-refractivity contribution in [2.24, 2.45) is 0 Å². The van der Waals surface area contributed by atoms with Crippen LogP contribution in [0.4, 0.5) is 4.79 Å². The van der Waals surface area contributed by atoms with Gasteiger partial charge in [0.05, 0.1) is 0 Å². The molecule has 0 saturated carbocycles. The van der Waals surface area contributed by atoms with Crippen LogP contribution >= 0.6 is 0 Å². The molecular weight excluding hydrogens is 382 g/mol. The number of urea groups is 1. The minimum Gasteiger partial charge on any atom is -0.457 e. The summed E-state index contributed by atoms with van der Waals surface area (Å²) in [6.07, 6.45) is 0. The first kappa shape index (κ1) is 19.2. The summed E-state index contributed by atoms with van der Waals surface area (Å²) in [6, 6.07) is 23.8. The summed E-state index contributed by atoms with van der Waals surface area (Å²) in [5, 5.41) is 3.35. The highest BCUT2D eigenvalue weighted by Gasteiger charge is 2.50. The van der Waals surface area contributed by atoms with Crippen molar-refractivity contribution in [1.29, 1.82) is 0 Å². The van der Waals surface area contributed by atoms with Crippen LogP contribution in [0.5, 0.6) is 11.5 Å². The Bertz CT molecular complexity index is 1100. The van der Waals surface area contributed by atoms with Gasteiger partial charge >= 0.3 is 6.03 Å². The SMILES string of the molecule is C[C@]1(c2ccccc2)NC(=O)N(NC(=O)c2cccc(Oc3ccccc3)c2)C1=O. The third kappa shape index (κ3) is 3.60. The van der Waals surface area contributed by atoms with E-state index < -0.39 is 23.4 Å². The fourth-order valence-electron chi connectivity index (χ4n) is 3.20. The number of nitrogens with one attached hydrogen (secondary N) is 2. The fraction of sp³-hybridized carbons (Fsp3) is 0.0870. The van der Waals surface area contributed by atoms with Gasteiger partial charge in [0.1, 0.15) is 17.0 Å². The number of hydrogen-bond donors (Lipinski definition) is 2. The molecule has 3 aromatic rings. The number of rotatable bonds is 5. The predicted molar refractivity (Wildman–Crippen MR) is 110 cm³/mol. The largest absolute Gasteiger partial charge is 0.457 e. The van der Waals surface area contributed by atoms with Crippen LogP contribution < -0.4 is 15.5 Å². The quantitative estimate of drug-likeness (QED) is 0.640. The fourth-order valence-corrected chi connectivity index (χ4v) is 3.20. The average Bonchev–Trinajstić information content (AvgIpc) is 2.99. The number of carbonyl (C=O) groups excluding carboxylic acids is 3. The van der Waals surface area contributed by atoms with Crippen molar-refractivity contribution >= 4 is 17.8 Å². The number of para-hydroxylation sites is 1. The highest BCUT2D eigenvalue weighted by atomic mass is 16.5. The zero-order chi connectivity index (χ0) is 21.1. The van der Waals surface area contributed by atoms with Crippen molar-refractivity contribution in [1.82, 2.24) is 15.8 Å². The number of imide groups is 1. The summed E-state index contributed by atoms with van der Waals surface area (Å²) >= 11 is 0. The van der Waals surface area contributed by atoms with Gasteiger partial charge in [0.15, 0.2) is 0 Å². The number of ether oxygens (including phenoxy) is 1. The van der Waals surface area contributed by atoms with Gasteiger partial charge in [-0.2, -0.15) is 5.01 Å². The molecule has 0 aromatic heterocycles. The molecule has 0 unspecified atom stereocenters. The third-order valence-corrected chi connectivity index (χ3v) is 4.83. The molecule has 30 heavy (non-hydrogen) atoms. The lowest BCUT2D eigenvalue weighted by atomic mass is 9.92. The van der Waals surface area contributed by atoms with E-state index in [4.69, 9.17) is 4.74 Å². The van der Waals surface area contributed by atoms with Crippen LogP contribution in [-0.4, -0.2) is 22.9 Å². The van der Waals surface area contributed by atoms with E-state index in [9.17, 15) is 14.4 Å². The van der Waals surface area contributed by atoms with E-state index in [-0.39, 0.29) is 5.56 Å². The van der Waals surface area contributed by atoms with Crippen LogP contribution in [0.2, 0.25) is 0 Å². The molecule has 1 saturated heterocycles. The van der Waals surface area contributed by atoms with Gasteiger partial charge in [-0.1, -0.05) is 54.6 Å². The Morgan fingerprint density at radius 1 is 0.900 bits per heavy atom. The molecule has 3 aromatic carbocycles. The highest BCUT2D eigenvalue weighted by molar-refractivity contribution is 6.09. The first-order chi connectivity index (χ1) is 14.5. The molecule has 4 amide bonds. The van der Waals surface area contributed by atoms with Crippen LogP contribution in [0.3, 0.4) is 0 Å². The van der Waals surface area contributed by atoms with Gasteiger partial charge in [-0.25, -0.2) is 4.79 Å². The molecule has 0 radical (unpaired) electrons. The zero-order valence-electron chi connectivity index (χ0n) is 16.2. The van der Waals surface area contributed by atoms with Gasteiger partial charge in [-0.3, -0.25) is 15.0 Å². The minimum absolute atomic E-state index is 0.248. The van der Waals surface area contributed by atoms with Crippen molar-refractivity contribution < 1.29 is 19.1 Å². The molecule has 1 fully saturated rings. The molecule has 7 nitrogen and oxygen atoms in total.